The fraction of sp³-hybridized carbons (Fsp3) is 0.409. The van der Waals surface area contributed by atoms with Crippen molar-refractivity contribution in [3.05, 3.63) is 41.9 Å². The Morgan fingerprint density at radius 2 is 2.21 bits per heavy atom. The number of anilines is 4. The van der Waals surface area contributed by atoms with Crippen molar-refractivity contribution in [2.75, 3.05) is 22.1 Å². The van der Waals surface area contributed by atoms with Crippen LogP contribution in [0.5, 0.6) is 0 Å². The SMILES string of the molecule is Cc1cc(NC(=O)[C@]2(C)CCCN2c2nc(Nc3cc(C4CC4)[nH]n3)c3cccn3n2)on1. The van der Waals surface area contributed by atoms with E-state index in [0.29, 0.717) is 48.0 Å². The van der Waals surface area contributed by atoms with Gasteiger partial charge in [-0.25, -0.2) is 4.52 Å². The first-order chi connectivity index (χ1) is 16.0. The van der Waals surface area contributed by atoms with Crippen molar-refractivity contribution >= 4 is 34.9 Å². The van der Waals surface area contributed by atoms with Crippen molar-refractivity contribution < 1.29 is 9.32 Å². The van der Waals surface area contributed by atoms with Gasteiger partial charge in [0.1, 0.15) is 11.1 Å². The molecule has 0 radical (unpaired) electrons. The largest absolute Gasteiger partial charge is 0.338 e. The predicted molar refractivity (Wildman–Crippen MR) is 122 cm³/mol. The lowest BCUT2D eigenvalue weighted by atomic mass is 9.98. The highest BCUT2D eigenvalue weighted by Gasteiger charge is 2.45. The number of hydrogen-bond acceptors (Lipinski definition) is 8. The molecule has 0 unspecified atom stereocenters. The molecule has 0 bridgehead atoms. The molecule has 1 saturated carbocycles. The molecule has 1 aliphatic carbocycles. The molecule has 170 valence electrons. The number of nitrogens with one attached hydrogen (secondary N) is 3. The number of aromatic nitrogens is 6. The third-order valence-electron chi connectivity index (χ3n) is 6.48. The fourth-order valence-electron chi connectivity index (χ4n) is 4.44. The van der Waals surface area contributed by atoms with Crippen molar-refractivity contribution in [3.63, 3.8) is 0 Å². The molecule has 0 aromatic carbocycles. The van der Waals surface area contributed by atoms with E-state index in [0.717, 1.165) is 17.6 Å². The highest BCUT2D eigenvalue weighted by atomic mass is 16.5. The summed E-state index contributed by atoms with van der Waals surface area (Å²) in [5, 5.41) is 22.2. The Labute approximate surface area is 189 Å². The minimum Gasteiger partial charge on any atom is -0.338 e. The van der Waals surface area contributed by atoms with Crippen LogP contribution in [0.25, 0.3) is 5.52 Å². The van der Waals surface area contributed by atoms with Gasteiger partial charge in [0, 0.05) is 36.5 Å². The number of carbonyl (C=O) groups excluding carboxylic acids is 1. The Hall–Kier alpha value is -3.89. The summed E-state index contributed by atoms with van der Waals surface area (Å²) in [6.45, 7) is 4.38. The summed E-state index contributed by atoms with van der Waals surface area (Å²) in [5.41, 5.74) is 1.85. The maximum atomic E-state index is 13.3. The molecular formula is C22H25N9O2. The van der Waals surface area contributed by atoms with Crippen molar-refractivity contribution in [3.8, 4) is 0 Å². The van der Waals surface area contributed by atoms with E-state index in [2.05, 4.69) is 26.0 Å². The van der Waals surface area contributed by atoms with Gasteiger partial charge in [0.15, 0.2) is 11.6 Å². The third kappa shape index (κ3) is 3.49. The summed E-state index contributed by atoms with van der Waals surface area (Å²) in [6.07, 6.45) is 5.79. The Balaban J connectivity index is 1.32. The zero-order valence-corrected chi connectivity index (χ0v) is 18.5. The van der Waals surface area contributed by atoms with Crippen molar-refractivity contribution in [1.29, 1.82) is 0 Å². The number of hydrogen-bond donors (Lipinski definition) is 3. The molecule has 4 aromatic rings. The summed E-state index contributed by atoms with van der Waals surface area (Å²) < 4.78 is 6.95. The van der Waals surface area contributed by atoms with Crippen LogP contribution in [0.4, 0.5) is 23.5 Å². The Kier molecular flexibility index (Phi) is 4.39. The van der Waals surface area contributed by atoms with Gasteiger partial charge in [0.05, 0.1) is 5.69 Å². The van der Waals surface area contributed by atoms with Crippen molar-refractivity contribution in [1.82, 2.24) is 30.0 Å². The van der Waals surface area contributed by atoms with Crippen LogP contribution in [0.1, 0.15) is 49.9 Å². The summed E-state index contributed by atoms with van der Waals surface area (Å²) in [6, 6.07) is 7.60. The van der Waals surface area contributed by atoms with Gasteiger partial charge in [0.25, 0.3) is 5.91 Å². The predicted octanol–water partition coefficient (Wildman–Crippen LogP) is 3.37. The minimum absolute atomic E-state index is 0.178. The Bertz CT molecular complexity index is 1330. The van der Waals surface area contributed by atoms with Gasteiger partial charge in [-0.15, -0.1) is 5.10 Å². The molecule has 1 aliphatic heterocycles. The lowest BCUT2D eigenvalue weighted by Gasteiger charge is -2.33. The monoisotopic (exact) mass is 447 g/mol. The van der Waals surface area contributed by atoms with E-state index in [-0.39, 0.29) is 5.91 Å². The molecule has 6 rings (SSSR count). The molecule has 2 fully saturated rings. The smallest absolute Gasteiger partial charge is 0.252 e. The first-order valence-corrected chi connectivity index (χ1v) is 11.2. The average molecular weight is 448 g/mol. The van der Waals surface area contributed by atoms with E-state index in [4.69, 9.17) is 14.6 Å². The maximum absolute atomic E-state index is 13.3. The number of carbonyl (C=O) groups is 1. The molecule has 11 heteroatoms. The van der Waals surface area contributed by atoms with Crippen LogP contribution in [0, 0.1) is 6.92 Å². The topological polar surface area (TPSA) is 129 Å². The van der Waals surface area contributed by atoms with Gasteiger partial charge >= 0.3 is 0 Å². The minimum atomic E-state index is -0.829. The van der Waals surface area contributed by atoms with E-state index >= 15 is 0 Å². The molecule has 1 saturated heterocycles. The van der Waals surface area contributed by atoms with Crippen LogP contribution in [-0.4, -0.2) is 47.9 Å². The summed E-state index contributed by atoms with van der Waals surface area (Å²) in [7, 11) is 0. The van der Waals surface area contributed by atoms with E-state index < -0.39 is 5.54 Å². The molecule has 33 heavy (non-hydrogen) atoms. The molecule has 1 amide bonds. The number of aromatic amines is 1. The first-order valence-electron chi connectivity index (χ1n) is 11.2. The van der Waals surface area contributed by atoms with Crippen molar-refractivity contribution in [2.24, 2.45) is 0 Å². The second-order valence-electron chi connectivity index (χ2n) is 9.02. The number of rotatable bonds is 6. The van der Waals surface area contributed by atoms with Crippen LogP contribution in [0.15, 0.2) is 35.0 Å². The average Bonchev–Trinajstić information content (AvgIpc) is 3.17. The molecule has 5 heterocycles. The zero-order chi connectivity index (χ0) is 22.6. The lowest BCUT2D eigenvalue weighted by molar-refractivity contribution is -0.120. The number of aryl methyl sites for hydroxylation is 1. The summed E-state index contributed by atoms with van der Waals surface area (Å²) >= 11 is 0. The van der Waals surface area contributed by atoms with Crippen LogP contribution < -0.4 is 15.5 Å². The molecule has 1 atom stereocenters. The Morgan fingerprint density at radius 1 is 1.33 bits per heavy atom. The van der Waals surface area contributed by atoms with Crippen LogP contribution in [0.2, 0.25) is 0 Å². The van der Waals surface area contributed by atoms with E-state index in [1.54, 1.807) is 10.6 Å². The number of nitrogens with zero attached hydrogens (tertiary/aromatic N) is 6. The normalized spacial score (nSPS) is 20.5. The molecule has 11 nitrogen and oxygen atoms in total. The highest BCUT2D eigenvalue weighted by Crippen LogP contribution is 2.40. The van der Waals surface area contributed by atoms with Gasteiger partial charge < -0.3 is 14.7 Å². The Morgan fingerprint density at radius 3 is 3.00 bits per heavy atom. The van der Waals surface area contributed by atoms with Gasteiger partial charge in [-0.2, -0.15) is 10.1 Å². The molecular weight excluding hydrogens is 422 g/mol. The third-order valence-corrected chi connectivity index (χ3v) is 6.48. The molecule has 2 aliphatic rings. The number of fused-ring (bicyclic) bond motifs is 1. The second-order valence-corrected chi connectivity index (χ2v) is 9.02. The van der Waals surface area contributed by atoms with Crippen LogP contribution in [0.3, 0.4) is 0 Å². The van der Waals surface area contributed by atoms with Gasteiger partial charge in [0.2, 0.25) is 11.8 Å². The standard InChI is InChI=1S/C22H25N9O2/c1-13-11-18(33-29-13)24-20(32)22(2)8-4-9-30(22)21-25-19(16-5-3-10-31(16)28-21)23-17-12-15(26-27-17)14-6-7-14/h3,5,10-12,14H,4,6-9H2,1-2H3,(H,24,32)(H2,23,25,26,27,28)/t22-/m0/s1. The van der Waals surface area contributed by atoms with Gasteiger partial charge in [-0.1, -0.05) is 5.16 Å². The number of H-pyrrole nitrogens is 1. The van der Waals surface area contributed by atoms with E-state index in [1.807, 2.05) is 43.1 Å². The number of amides is 1. The molecule has 0 spiro atoms. The van der Waals surface area contributed by atoms with Gasteiger partial charge in [-0.3, -0.25) is 15.2 Å². The van der Waals surface area contributed by atoms with Crippen LogP contribution in [-0.2, 0) is 4.79 Å². The second kappa shape index (κ2) is 7.32. The maximum Gasteiger partial charge on any atom is 0.252 e. The van der Waals surface area contributed by atoms with Crippen LogP contribution >= 0.6 is 0 Å². The lowest BCUT2D eigenvalue weighted by Crippen LogP contribution is -2.51. The van der Waals surface area contributed by atoms with E-state index in [9.17, 15) is 4.79 Å². The summed E-state index contributed by atoms with van der Waals surface area (Å²) in [4.78, 5) is 20.0. The van der Waals surface area contributed by atoms with Gasteiger partial charge in [-0.05, 0) is 51.7 Å². The van der Waals surface area contributed by atoms with Crippen molar-refractivity contribution in [2.45, 2.75) is 51.0 Å². The molecule has 3 N–H and O–H groups in total. The van der Waals surface area contributed by atoms with E-state index in [1.165, 1.54) is 12.8 Å². The molecule has 4 aromatic heterocycles. The highest BCUT2D eigenvalue weighted by molar-refractivity contribution is 5.99. The zero-order valence-electron chi connectivity index (χ0n) is 18.5. The quantitative estimate of drug-likeness (QED) is 0.410. The fourth-order valence-corrected chi connectivity index (χ4v) is 4.44. The first kappa shape index (κ1) is 19.8. The summed E-state index contributed by atoms with van der Waals surface area (Å²) in [5.74, 6) is 2.57.